The number of rotatable bonds is 4. The van der Waals surface area contributed by atoms with Crippen molar-refractivity contribution in [3.8, 4) is 5.75 Å². The van der Waals surface area contributed by atoms with Crippen LogP contribution in [0.5, 0.6) is 5.75 Å². The van der Waals surface area contributed by atoms with Gasteiger partial charge in [-0.15, -0.1) is 12.4 Å². The van der Waals surface area contributed by atoms with Crippen molar-refractivity contribution in [1.82, 2.24) is 10.6 Å². The molecule has 0 bridgehead atoms. The molecule has 0 aromatic heterocycles. The minimum atomic E-state index is -4.50. The summed E-state index contributed by atoms with van der Waals surface area (Å²) in [5.41, 5.74) is -1.35. The highest BCUT2D eigenvalue weighted by Crippen LogP contribution is 2.35. The van der Waals surface area contributed by atoms with Gasteiger partial charge in [-0.2, -0.15) is 13.2 Å². The molecule has 136 valence electrons. The molecule has 4 nitrogen and oxygen atoms in total. The van der Waals surface area contributed by atoms with Crippen LogP contribution < -0.4 is 15.4 Å². The maximum atomic E-state index is 13.2. The summed E-state index contributed by atoms with van der Waals surface area (Å²) < 4.78 is 45.2. The van der Waals surface area contributed by atoms with Gasteiger partial charge in [-0.1, -0.05) is 6.07 Å². The number of hydrogen-bond acceptors (Lipinski definition) is 3. The standard InChI is InChI=1S/C16H21F3N2O2.ClH/c1-15(2,3)23-12-5-4-10(13(6-12)16(17,18)19)9-21-14(22)11-7-20-8-11;/h4-6,11,20H,7-9H2,1-3H3,(H,21,22);1H. The van der Waals surface area contributed by atoms with Crippen molar-refractivity contribution >= 4 is 18.3 Å². The molecule has 8 heteroatoms. The highest BCUT2D eigenvalue weighted by Gasteiger charge is 2.34. The van der Waals surface area contributed by atoms with Crippen molar-refractivity contribution < 1.29 is 22.7 Å². The lowest BCUT2D eigenvalue weighted by Gasteiger charge is -2.26. The second-order valence-corrected chi connectivity index (χ2v) is 6.60. The lowest BCUT2D eigenvalue weighted by atomic mass is 10.0. The molecule has 1 saturated heterocycles. The number of carbonyl (C=O) groups excluding carboxylic acids is 1. The average molecular weight is 367 g/mol. The molecule has 1 aromatic carbocycles. The Kier molecular flexibility index (Phi) is 6.52. The highest BCUT2D eigenvalue weighted by atomic mass is 35.5. The van der Waals surface area contributed by atoms with Crippen LogP contribution in [0.25, 0.3) is 0 Å². The molecule has 1 aliphatic heterocycles. The third-order valence-electron chi connectivity index (χ3n) is 3.42. The van der Waals surface area contributed by atoms with Crippen molar-refractivity contribution in [1.29, 1.82) is 0 Å². The molecule has 1 fully saturated rings. The van der Waals surface area contributed by atoms with Crippen molar-refractivity contribution in [3.63, 3.8) is 0 Å². The molecule has 0 unspecified atom stereocenters. The number of nitrogens with one attached hydrogen (secondary N) is 2. The van der Waals surface area contributed by atoms with Crippen LogP contribution in [0.2, 0.25) is 0 Å². The Morgan fingerprint density at radius 1 is 1.29 bits per heavy atom. The quantitative estimate of drug-likeness (QED) is 0.860. The second-order valence-electron chi connectivity index (χ2n) is 6.60. The molecule has 1 aliphatic rings. The molecule has 1 amide bonds. The van der Waals surface area contributed by atoms with Gasteiger partial charge in [-0.3, -0.25) is 4.79 Å². The van der Waals surface area contributed by atoms with Crippen molar-refractivity contribution in [2.45, 2.75) is 39.1 Å². The van der Waals surface area contributed by atoms with Gasteiger partial charge in [0.25, 0.3) is 0 Å². The maximum Gasteiger partial charge on any atom is 0.416 e. The summed E-state index contributed by atoms with van der Waals surface area (Å²) in [5.74, 6) is -0.233. The zero-order valence-corrected chi connectivity index (χ0v) is 14.6. The molecule has 24 heavy (non-hydrogen) atoms. The number of alkyl halides is 3. The predicted octanol–water partition coefficient (Wildman–Crippen LogP) is 3.14. The van der Waals surface area contributed by atoms with Gasteiger partial charge in [-0.05, 0) is 38.5 Å². The van der Waals surface area contributed by atoms with Crippen LogP contribution in [-0.2, 0) is 17.5 Å². The number of carbonyl (C=O) groups is 1. The van der Waals surface area contributed by atoms with Crippen molar-refractivity contribution in [2.75, 3.05) is 13.1 Å². The van der Waals surface area contributed by atoms with Gasteiger partial charge in [0.15, 0.2) is 0 Å². The third-order valence-corrected chi connectivity index (χ3v) is 3.42. The van der Waals surface area contributed by atoms with E-state index >= 15 is 0 Å². The Balaban J connectivity index is 0.00000288. The first-order valence-corrected chi connectivity index (χ1v) is 7.44. The summed E-state index contributed by atoms with van der Waals surface area (Å²) in [6, 6.07) is 3.83. The minimum absolute atomic E-state index is 0. The third kappa shape index (κ3) is 5.56. The van der Waals surface area contributed by atoms with E-state index in [2.05, 4.69) is 10.6 Å². The van der Waals surface area contributed by atoms with E-state index in [4.69, 9.17) is 4.74 Å². The van der Waals surface area contributed by atoms with Crippen LogP contribution in [0.3, 0.4) is 0 Å². The fourth-order valence-electron chi connectivity index (χ4n) is 2.19. The van der Waals surface area contributed by atoms with Crippen molar-refractivity contribution in [3.05, 3.63) is 29.3 Å². The maximum absolute atomic E-state index is 13.2. The van der Waals surface area contributed by atoms with Gasteiger partial charge >= 0.3 is 6.18 Å². The Hall–Kier alpha value is -1.47. The van der Waals surface area contributed by atoms with E-state index in [0.717, 1.165) is 6.07 Å². The Morgan fingerprint density at radius 3 is 2.38 bits per heavy atom. The van der Waals surface area contributed by atoms with Crippen LogP contribution in [0.1, 0.15) is 31.9 Å². The normalized spacial score (nSPS) is 15.2. The van der Waals surface area contributed by atoms with E-state index in [1.807, 2.05) is 0 Å². The predicted molar refractivity (Wildman–Crippen MR) is 87.3 cm³/mol. The first-order chi connectivity index (χ1) is 10.6. The molecule has 1 aromatic rings. The summed E-state index contributed by atoms with van der Waals surface area (Å²) in [6.45, 7) is 6.27. The lowest BCUT2D eigenvalue weighted by molar-refractivity contribution is -0.138. The fourth-order valence-corrected chi connectivity index (χ4v) is 2.19. The first-order valence-electron chi connectivity index (χ1n) is 7.44. The van der Waals surface area contributed by atoms with Crippen LogP contribution in [0.4, 0.5) is 13.2 Å². The number of amides is 1. The Morgan fingerprint density at radius 2 is 1.92 bits per heavy atom. The van der Waals surface area contributed by atoms with E-state index in [1.54, 1.807) is 20.8 Å². The summed E-state index contributed by atoms with van der Waals surface area (Å²) in [5, 5.41) is 5.51. The van der Waals surface area contributed by atoms with Crippen LogP contribution >= 0.6 is 12.4 Å². The zero-order chi connectivity index (χ0) is 17.3. The minimum Gasteiger partial charge on any atom is -0.488 e. The van der Waals surface area contributed by atoms with Gasteiger partial charge in [0.2, 0.25) is 5.91 Å². The van der Waals surface area contributed by atoms with E-state index < -0.39 is 17.3 Å². The van der Waals surface area contributed by atoms with E-state index in [0.29, 0.717) is 13.1 Å². The molecule has 0 aliphatic carbocycles. The average Bonchev–Trinajstić information content (AvgIpc) is 2.32. The van der Waals surface area contributed by atoms with Gasteiger partial charge in [-0.25, -0.2) is 0 Å². The molecule has 0 saturated carbocycles. The van der Waals surface area contributed by atoms with Gasteiger partial charge < -0.3 is 15.4 Å². The molecular formula is C16H22ClF3N2O2. The van der Waals surface area contributed by atoms with E-state index in [-0.39, 0.29) is 42.1 Å². The SMILES string of the molecule is CC(C)(C)Oc1ccc(CNC(=O)C2CNC2)c(C(F)(F)F)c1.Cl. The fraction of sp³-hybridized carbons (Fsp3) is 0.562. The number of ether oxygens (including phenoxy) is 1. The largest absolute Gasteiger partial charge is 0.488 e. The van der Waals surface area contributed by atoms with E-state index in [1.165, 1.54) is 12.1 Å². The van der Waals surface area contributed by atoms with Crippen LogP contribution in [0.15, 0.2) is 18.2 Å². The number of hydrogen-bond donors (Lipinski definition) is 2. The lowest BCUT2D eigenvalue weighted by Crippen LogP contribution is -2.50. The number of benzene rings is 1. The first kappa shape index (κ1) is 20.6. The summed E-state index contributed by atoms with van der Waals surface area (Å²) >= 11 is 0. The highest BCUT2D eigenvalue weighted by molar-refractivity contribution is 5.85. The monoisotopic (exact) mass is 366 g/mol. The van der Waals surface area contributed by atoms with Gasteiger partial charge in [0.1, 0.15) is 11.4 Å². The molecule has 1 heterocycles. The van der Waals surface area contributed by atoms with Crippen LogP contribution in [0, 0.1) is 5.92 Å². The molecule has 0 radical (unpaired) electrons. The smallest absolute Gasteiger partial charge is 0.416 e. The number of halogens is 4. The molecular weight excluding hydrogens is 345 g/mol. The van der Waals surface area contributed by atoms with Gasteiger partial charge in [0.05, 0.1) is 11.5 Å². The van der Waals surface area contributed by atoms with Crippen LogP contribution in [-0.4, -0.2) is 24.6 Å². The van der Waals surface area contributed by atoms with Gasteiger partial charge in [0, 0.05) is 19.6 Å². The molecule has 0 atom stereocenters. The topological polar surface area (TPSA) is 50.4 Å². The summed E-state index contributed by atoms with van der Waals surface area (Å²) in [4.78, 5) is 11.8. The molecule has 2 rings (SSSR count). The Labute approximate surface area is 145 Å². The van der Waals surface area contributed by atoms with Crippen molar-refractivity contribution in [2.24, 2.45) is 5.92 Å². The zero-order valence-electron chi connectivity index (χ0n) is 13.8. The Bertz CT molecular complexity index is 582. The molecule has 0 spiro atoms. The second kappa shape index (κ2) is 7.61. The molecule has 2 N–H and O–H groups in total. The summed E-state index contributed by atoms with van der Waals surface area (Å²) in [7, 11) is 0. The summed E-state index contributed by atoms with van der Waals surface area (Å²) in [6.07, 6.45) is -4.50. The van der Waals surface area contributed by atoms with E-state index in [9.17, 15) is 18.0 Å².